The lowest BCUT2D eigenvalue weighted by atomic mass is 9.99. The van der Waals surface area contributed by atoms with E-state index in [4.69, 9.17) is 8.83 Å². The Morgan fingerprint density at radius 2 is 0.930 bits per heavy atom. The lowest BCUT2D eigenvalue weighted by molar-refractivity contribution is 0.659. The highest BCUT2D eigenvalue weighted by atomic mass is 32.1. The van der Waals surface area contributed by atoms with Crippen LogP contribution in [0.4, 0.5) is 0 Å². The van der Waals surface area contributed by atoms with E-state index in [-0.39, 0.29) is 10.9 Å². The van der Waals surface area contributed by atoms with Crippen LogP contribution in [0.1, 0.15) is 0 Å². The third-order valence-electron chi connectivity index (χ3n) is 8.29. The van der Waals surface area contributed by atoms with Crippen LogP contribution in [0.3, 0.4) is 0 Å². The summed E-state index contributed by atoms with van der Waals surface area (Å²) in [4.78, 5) is 27.2. The second kappa shape index (κ2) is 8.99. The Labute approximate surface area is 247 Å². The average Bonchev–Trinajstić information content (AvgIpc) is 3.44. The number of benzene rings is 6. The molecule has 0 bridgehead atoms. The van der Waals surface area contributed by atoms with Crippen molar-refractivity contribution in [2.24, 2.45) is 0 Å². The normalized spacial score (nSPS) is 11.9. The molecule has 0 unspecified atom stereocenters. The summed E-state index contributed by atoms with van der Waals surface area (Å²) >= 11 is 1.77. The molecule has 6 aromatic carbocycles. The van der Waals surface area contributed by atoms with Crippen LogP contribution < -0.4 is 10.9 Å². The Morgan fingerprint density at radius 1 is 0.419 bits per heavy atom. The van der Waals surface area contributed by atoms with Gasteiger partial charge < -0.3 is 8.83 Å². The van der Waals surface area contributed by atoms with Gasteiger partial charge in [-0.2, -0.15) is 0 Å². The molecule has 5 heteroatoms. The molecule has 0 aliphatic rings. The van der Waals surface area contributed by atoms with Crippen molar-refractivity contribution in [1.29, 1.82) is 0 Å². The van der Waals surface area contributed by atoms with Crippen LogP contribution in [0.5, 0.6) is 0 Å². The fraction of sp³-hybridized carbons (Fsp3) is 0. The van der Waals surface area contributed by atoms with E-state index in [1.807, 2.05) is 66.7 Å². The standard InChI is InChI=1S/C38H20O4S/c39-36-27-7-1-3-10-31(27)41-32-15-12-21(18-28(32)36)22-13-16-33-29(19-22)37(40)30-20-23(14-17-34(30)42-33)24-8-5-9-26-25-6-2-4-11-35(25)43-38(24)26/h1-20H. The molecule has 0 aliphatic carbocycles. The van der Waals surface area contributed by atoms with Crippen LogP contribution in [0.15, 0.2) is 140 Å². The molecule has 0 atom stereocenters. The lowest BCUT2D eigenvalue weighted by Gasteiger charge is -2.08. The number of rotatable bonds is 2. The van der Waals surface area contributed by atoms with Gasteiger partial charge in [0.1, 0.15) is 22.3 Å². The molecule has 0 spiro atoms. The molecular formula is C38H20O4S. The smallest absolute Gasteiger partial charge is 0.200 e. The van der Waals surface area contributed by atoms with Crippen LogP contribution in [0, 0.1) is 0 Å². The molecule has 0 radical (unpaired) electrons. The Balaban J connectivity index is 1.21. The molecule has 0 saturated carbocycles. The first-order valence-corrected chi connectivity index (χ1v) is 14.8. The monoisotopic (exact) mass is 572 g/mol. The molecule has 3 heterocycles. The highest BCUT2D eigenvalue weighted by molar-refractivity contribution is 7.26. The first-order valence-electron chi connectivity index (χ1n) is 14.0. The zero-order valence-electron chi connectivity index (χ0n) is 22.6. The van der Waals surface area contributed by atoms with Gasteiger partial charge in [-0.05, 0) is 76.9 Å². The zero-order chi connectivity index (χ0) is 28.7. The number of fused-ring (bicyclic) bond motifs is 7. The van der Waals surface area contributed by atoms with E-state index in [0.717, 1.165) is 22.3 Å². The third-order valence-corrected chi connectivity index (χ3v) is 9.51. The lowest BCUT2D eigenvalue weighted by Crippen LogP contribution is -2.03. The first-order chi connectivity index (χ1) is 21.1. The van der Waals surface area contributed by atoms with E-state index in [9.17, 15) is 9.59 Å². The molecule has 4 nitrogen and oxygen atoms in total. The van der Waals surface area contributed by atoms with Crippen LogP contribution in [-0.4, -0.2) is 0 Å². The summed E-state index contributed by atoms with van der Waals surface area (Å²) in [5.41, 5.74) is 5.70. The Hall–Kier alpha value is -5.52. The SMILES string of the molecule is O=c1c2ccccc2oc2ccc(-c3ccc4oc5ccc(-c6cccc7c6sc6ccccc67)cc5c(=O)c4c3)cc12. The molecule has 9 aromatic rings. The van der Waals surface area contributed by atoms with Gasteiger partial charge >= 0.3 is 0 Å². The Bertz CT molecular complexity index is 2730. The minimum Gasteiger partial charge on any atom is -0.456 e. The largest absolute Gasteiger partial charge is 0.456 e. The quantitative estimate of drug-likeness (QED) is 0.193. The molecule has 43 heavy (non-hydrogen) atoms. The summed E-state index contributed by atoms with van der Waals surface area (Å²) in [7, 11) is 0. The molecule has 202 valence electrons. The van der Waals surface area contributed by atoms with Crippen LogP contribution in [0.25, 0.3) is 86.3 Å². The molecule has 0 amide bonds. The second-order valence-corrected chi connectivity index (χ2v) is 11.8. The summed E-state index contributed by atoms with van der Waals surface area (Å²) in [6.45, 7) is 0. The van der Waals surface area contributed by atoms with Gasteiger partial charge in [-0.15, -0.1) is 11.3 Å². The van der Waals surface area contributed by atoms with Crippen molar-refractivity contribution in [3.8, 4) is 22.3 Å². The molecule has 0 fully saturated rings. The summed E-state index contributed by atoms with van der Waals surface area (Å²) < 4.78 is 14.6. The zero-order valence-corrected chi connectivity index (χ0v) is 23.4. The van der Waals surface area contributed by atoms with Crippen molar-refractivity contribution in [1.82, 2.24) is 0 Å². The van der Waals surface area contributed by atoms with Gasteiger partial charge in [-0.1, -0.05) is 66.7 Å². The summed E-state index contributed by atoms with van der Waals surface area (Å²) in [6.07, 6.45) is 0. The number of thiophene rings is 1. The van der Waals surface area contributed by atoms with Crippen molar-refractivity contribution in [2.45, 2.75) is 0 Å². The predicted octanol–water partition coefficient (Wildman–Crippen LogP) is 9.91. The summed E-state index contributed by atoms with van der Waals surface area (Å²) in [5, 5.41) is 4.52. The minimum absolute atomic E-state index is 0.0776. The van der Waals surface area contributed by atoms with Crippen molar-refractivity contribution in [3.05, 3.63) is 142 Å². The maximum Gasteiger partial charge on any atom is 0.200 e. The Morgan fingerprint density at radius 3 is 1.63 bits per heavy atom. The van der Waals surface area contributed by atoms with Gasteiger partial charge in [0.2, 0.25) is 10.9 Å². The van der Waals surface area contributed by atoms with E-state index in [2.05, 4.69) is 42.5 Å². The molecule has 0 aliphatic heterocycles. The van der Waals surface area contributed by atoms with E-state index >= 15 is 0 Å². The summed E-state index contributed by atoms with van der Waals surface area (Å²) in [6, 6.07) is 39.0. The van der Waals surface area contributed by atoms with Gasteiger partial charge in [0.15, 0.2) is 0 Å². The maximum atomic E-state index is 14.0. The van der Waals surface area contributed by atoms with Crippen molar-refractivity contribution in [3.63, 3.8) is 0 Å². The van der Waals surface area contributed by atoms with Gasteiger partial charge in [-0.25, -0.2) is 0 Å². The van der Waals surface area contributed by atoms with Gasteiger partial charge in [0.25, 0.3) is 0 Å². The van der Waals surface area contributed by atoms with Crippen LogP contribution >= 0.6 is 11.3 Å². The van der Waals surface area contributed by atoms with Crippen molar-refractivity contribution >= 4 is 75.4 Å². The predicted molar refractivity (Wildman–Crippen MR) is 177 cm³/mol. The van der Waals surface area contributed by atoms with Crippen molar-refractivity contribution < 1.29 is 8.83 Å². The van der Waals surface area contributed by atoms with Crippen LogP contribution in [-0.2, 0) is 0 Å². The van der Waals surface area contributed by atoms with Gasteiger partial charge in [0, 0.05) is 20.2 Å². The molecule has 0 N–H and O–H groups in total. The number of hydrogen-bond acceptors (Lipinski definition) is 5. The van der Waals surface area contributed by atoms with Gasteiger partial charge in [-0.3, -0.25) is 9.59 Å². The van der Waals surface area contributed by atoms with E-state index in [1.165, 1.54) is 20.2 Å². The van der Waals surface area contributed by atoms with Crippen molar-refractivity contribution in [2.75, 3.05) is 0 Å². The second-order valence-electron chi connectivity index (χ2n) is 10.8. The molecule has 0 saturated heterocycles. The maximum absolute atomic E-state index is 14.0. The fourth-order valence-corrected chi connectivity index (χ4v) is 7.40. The van der Waals surface area contributed by atoms with E-state index in [0.29, 0.717) is 43.9 Å². The van der Waals surface area contributed by atoms with E-state index < -0.39 is 0 Å². The highest BCUT2D eigenvalue weighted by Crippen LogP contribution is 2.40. The minimum atomic E-state index is -0.0882. The first kappa shape index (κ1) is 24.1. The third kappa shape index (κ3) is 3.62. The number of hydrogen-bond donors (Lipinski definition) is 0. The molecule has 9 rings (SSSR count). The molecule has 3 aromatic heterocycles. The van der Waals surface area contributed by atoms with Crippen LogP contribution in [0.2, 0.25) is 0 Å². The molecular weight excluding hydrogens is 552 g/mol. The Kier molecular flexibility index (Phi) is 5.04. The topological polar surface area (TPSA) is 60.4 Å². The van der Waals surface area contributed by atoms with Gasteiger partial charge in [0.05, 0.1) is 21.5 Å². The average molecular weight is 573 g/mol. The summed E-state index contributed by atoms with van der Waals surface area (Å²) in [5.74, 6) is 0. The highest BCUT2D eigenvalue weighted by Gasteiger charge is 2.15. The van der Waals surface area contributed by atoms with E-state index in [1.54, 1.807) is 23.5 Å². The fourth-order valence-electron chi connectivity index (χ4n) is 6.16. The number of para-hydroxylation sites is 1.